The Bertz CT molecular complexity index is 1220. The van der Waals surface area contributed by atoms with E-state index in [2.05, 4.69) is 0 Å². The number of methoxy groups -OCH3 is 2. The van der Waals surface area contributed by atoms with Gasteiger partial charge < -0.3 is 18.9 Å². The molecule has 0 amide bonds. The van der Waals surface area contributed by atoms with Gasteiger partial charge in [0.1, 0.15) is 17.2 Å². The van der Waals surface area contributed by atoms with Gasteiger partial charge in [-0.3, -0.25) is 0 Å². The van der Waals surface area contributed by atoms with E-state index in [0.29, 0.717) is 22.8 Å². The highest BCUT2D eigenvalue weighted by atomic mass is 16.7. The van der Waals surface area contributed by atoms with E-state index in [-0.39, 0.29) is 0 Å². The summed E-state index contributed by atoms with van der Waals surface area (Å²) in [6.45, 7) is 0. The minimum Gasteiger partial charge on any atom is -0.497 e. The molecule has 4 aromatic rings. The lowest BCUT2D eigenvalue weighted by Gasteiger charge is -2.21. The van der Waals surface area contributed by atoms with Gasteiger partial charge in [-0.25, -0.2) is 4.79 Å². The summed E-state index contributed by atoms with van der Waals surface area (Å²) in [6, 6.07) is 33.6. The number of hydrogen-bond acceptors (Lipinski definition) is 5. The molecule has 34 heavy (non-hydrogen) atoms. The van der Waals surface area contributed by atoms with Crippen LogP contribution in [0.25, 0.3) is 0 Å². The molecule has 0 N–H and O–H groups in total. The van der Waals surface area contributed by atoms with Crippen LogP contribution in [0.3, 0.4) is 0 Å². The zero-order valence-corrected chi connectivity index (χ0v) is 18.9. The van der Waals surface area contributed by atoms with Crippen molar-refractivity contribution in [1.82, 2.24) is 0 Å². The first-order chi connectivity index (χ1) is 16.6. The first-order valence-corrected chi connectivity index (χ1v) is 11.0. The van der Waals surface area contributed by atoms with Crippen LogP contribution < -0.4 is 14.2 Å². The Morgan fingerprint density at radius 2 is 1.06 bits per heavy atom. The molecule has 1 fully saturated rings. The van der Waals surface area contributed by atoms with E-state index in [1.165, 1.54) is 0 Å². The Balaban J connectivity index is 1.69. The third kappa shape index (κ3) is 3.42. The van der Waals surface area contributed by atoms with Crippen molar-refractivity contribution < 1.29 is 23.7 Å². The lowest BCUT2D eigenvalue weighted by atomic mass is 9.77. The molecule has 0 spiro atoms. The molecule has 1 atom stereocenters. The van der Waals surface area contributed by atoms with Crippen molar-refractivity contribution in [2.75, 3.05) is 14.2 Å². The minimum absolute atomic E-state index is 0.455. The molecule has 0 bridgehead atoms. The number of carbonyl (C=O) groups excluding carboxylic acids is 1. The Morgan fingerprint density at radius 3 is 1.53 bits per heavy atom. The van der Waals surface area contributed by atoms with Crippen LogP contribution in [0.2, 0.25) is 0 Å². The van der Waals surface area contributed by atoms with Gasteiger partial charge in [-0.05, 0) is 53.1 Å². The predicted octanol–water partition coefficient (Wildman–Crippen LogP) is 5.48. The second kappa shape index (κ2) is 8.69. The minimum atomic E-state index is -1.38. The van der Waals surface area contributed by atoms with Crippen LogP contribution in [0.4, 0.5) is 0 Å². The number of rotatable bonds is 7. The molecule has 170 valence electrons. The topological polar surface area (TPSA) is 57.3 Å². The Labute approximate surface area is 198 Å². The van der Waals surface area contributed by atoms with Gasteiger partial charge in [-0.15, -0.1) is 0 Å². The molecule has 5 nitrogen and oxygen atoms in total. The molecule has 0 aromatic heterocycles. The van der Waals surface area contributed by atoms with Crippen LogP contribution in [-0.2, 0) is 20.7 Å². The third-order valence-electron chi connectivity index (χ3n) is 6.17. The van der Waals surface area contributed by atoms with Gasteiger partial charge in [0.2, 0.25) is 5.60 Å². The summed E-state index contributed by atoms with van der Waals surface area (Å²) < 4.78 is 23.2. The number of carbonyl (C=O) groups is 1. The van der Waals surface area contributed by atoms with E-state index in [9.17, 15) is 4.79 Å². The van der Waals surface area contributed by atoms with Gasteiger partial charge in [0, 0.05) is 0 Å². The van der Waals surface area contributed by atoms with Crippen molar-refractivity contribution in [3.05, 3.63) is 126 Å². The molecule has 0 radical (unpaired) electrons. The number of para-hydroxylation sites is 1. The summed E-state index contributed by atoms with van der Waals surface area (Å²) in [4.78, 5) is 13.9. The average Bonchev–Trinajstić information content (AvgIpc) is 3.63. The zero-order chi connectivity index (χ0) is 23.6. The molecule has 4 aromatic carbocycles. The van der Waals surface area contributed by atoms with Crippen molar-refractivity contribution in [1.29, 1.82) is 0 Å². The van der Waals surface area contributed by atoms with Gasteiger partial charge in [0.15, 0.2) is 5.60 Å². The fraction of sp³-hybridized carbons (Fsp3) is 0.138. The second-order valence-electron chi connectivity index (χ2n) is 7.99. The molecule has 0 saturated carbocycles. The fourth-order valence-electron chi connectivity index (χ4n) is 4.45. The molecule has 0 aliphatic carbocycles. The number of ether oxygens (including phenoxy) is 4. The molecule has 5 rings (SSSR count). The Kier molecular flexibility index (Phi) is 5.56. The second-order valence-corrected chi connectivity index (χ2v) is 7.99. The van der Waals surface area contributed by atoms with Crippen molar-refractivity contribution >= 4 is 5.97 Å². The van der Waals surface area contributed by atoms with E-state index in [0.717, 1.165) is 11.1 Å². The summed E-state index contributed by atoms with van der Waals surface area (Å²) >= 11 is 0. The highest BCUT2D eigenvalue weighted by Crippen LogP contribution is 2.66. The number of hydrogen-bond donors (Lipinski definition) is 0. The van der Waals surface area contributed by atoms with Gasteiger partial charge in [-0.2, -0.15) is 0 Å². The van der Waals surface area contributed by atoms with Gasteiger partial charge in [-0.1, -0.05) is 72.8 Å². The summed E-state index contributed by atoms with van der Waals surface area (Å²) in [5.74, 6) is 1.39. The summed E-state index contributed by atoms with van der Waals surface area (Å²) in [6.07, 6.45) is 0. The molecule has 1 saturated heterocycles. The van der Waals surface area contributed by atoms with E-state index in [1.54, 1.807) is 26.4 Å². The molecular formula is C29H24O5. The molecule has 1 aliphatic heterocycles. The molecule has 1 heterocycles. The van der Waals surface area contributed by atoms with E-state index in [1.807, 2.05) is 97.1 Å². The summed E-state index contributed by atoms with van der Waals surface area (Å²) in [7, 11) is 3.24. The van der Waals surface area contributed by atoms with Crippen molar-refractivity contribution in [2.24, 2.45) is 0 Å². The zero-order valence-electron chi connectivity index (χ0n) is 18.9. The van der Waals surface area contributed by atoms with Gasteiger partial charge in [0.05, 0.1) is 14.2 Å². The van der Waals surface area contributed by atoms with Crippen LogP contribution in [-0.4, -0.2) is 20.2 Å². The van der Waals surface area contributed by atoms with Crippen LogP contribution in [0.1, 0.15) is 16.7 Å². The molecule has 1 unspecified atom stereocenters. The fourth-order valence-corrected chi connectivity index (χ4v) is 4.45. The van der Waals surface area contributed by atoms with Crippen LogP contribution >= 0.6 is 0 Å². The first-order valence-electron chi connectivity index (χ1n) is 11.0. The highest BCUT2D eigenvalue weighted by molar-refractivity contribution is 5.90. The summed E-state index contributed by atoms with van der Waals surface area (Å²) in [5.41, 5.74) is -0.145. The highest BCUT2D eigenvalue weighted by Gasteiger charge is 2.78. The van der Waals surface area contributed by atoms with Crippen LogP contribution in [0.15, 0.2) is 109 Å². The quantitative estimate of drug-likeness (QED) is 0.211. The average molecular weight is 453 g/mol. The maximum absolute atomic E-state index is 13.9. The SMILES string of the molecule is COc1ccc(C2(c3ccc(OC)cc3)OC2(C(=O)Oc2ccccc2)c2ccccc2)cc1. The van der Waals surface area contributed by atoms with Crippen molar-refractivity contribution in [3.8, 4) is 17.2 Å². The first kappa shape index (κ1) is 21.7. The lowest BCUT2D eigenvalue weighted by molar-refractivity contribution is -0.140. The third-order valence-corrected chi connectivity index (χ3v) is 6.17. The number of benzene rings is 4. The van der Waals surface area contributed by atoms with Gasteiger partial charge in [0.25, 0.3) is 0 Å². The van der Waals surface area contributed by atoms with Crippen LogP contribution in [0, 0.1) is 0 Å². The Hall–Kier alpha value is -4.09. The maximum atomic E-state index is 13.9. The van der Waals surface area contributed by atoms with Crippen molar-refractivity contribution in [2.45, 2.75) is 11.2 Å². The van der Waals surface area contributed by atoms with Crippen LogP contribution in [0.5, 0.6) is 17.2 Å². The predicted molar refractivity (Wildman–Crippen MR) is 128 cm³/mol. The number of esters is 1. The Morgan fingerprint density at radius 1 is 0.588 bits per heavy atom. The standard InChI is InChI=1S/C29H24O5/c1-31-24-17-13-22(14-18-24)28(23-15-19-25(32-2)20-16-23)29(34-28,21-9-5-3-6-10-21)27(30)33-26-11-7-4-8-12-26/h3-20H,1-2H3. The van der Waals surface area contributed by atoms with Gasteiger partial charge >= 0.3 is 5.97 Å². The smallest absolute Gasteiger partial charge is 0.352 e. The maximum Gasteiger partial charge on any atom is 0.352 e. The van der Waals surface area contributed by atoms with E-state index in [4.69, 9.17) is 18.9 Å². The van der Waals surface area contributed by atoms with Crippen molar-refractivity contribution in [3.63, 3.8) is 0 Å². The van der Waals surface area contributed by atoms with E-state index < -0.39 is 17.2 Å². The molecule has 5 heteroatoms. The molecular weight excluding hydrogens is 428 g/mol. The summed E-state index contributed by atoms with van der Waals surface area (Å²) in [5, 5.41) is 0. The largest absolute Gasteiger partial charge is 0.497 e. The molecule has 1 aliphatic rings. The number of epoxide rings is 1. The van der Waals surface area contributed by atoms with E-state index >= 15 is 0 Å². The normalized spacial score (nSPS) is 18.1. The lowest BCUT2D eigenvalue weighted by Crippen LogP contribution is -2.35. The monoisotopic (exact) mass is 452 g/mol.